The molecule has 0 spiro atoms. The summed E-state index contributed by atoms with van der Waals surface area (Å²) in [5.41, 5.74) is 3.63. The summed E-state index contributed by atoms with van der Waals surface area (Å²) in [6, 6.07) is 8.13. The minimum atomic E-state index is -1.44. The summed E-state index contributed by atoms with van der Waals surface area (Å²) in [6.45, 7) is 5.80. The number of hydrogen-bond acceptors (Lipinski definition) is 6. The van der Waals surface area contributed by atoms with E-state index >= 15 is 0 Å². The number of pyridine rings is 1. The first kappa shape index (κ1) is 30.7. The number of morpholine rings is 1. The number of halogens is 3. The lowest BCUT2D eigenvalue weighted by molar-refractivity contribution is -0.0131. The molecule has 0 saturated carbocycles. The smallest absolute Gasteiger partial charge is 0.194 e. The van der Waals surface area contributed by atoms with Crippen LogP contribution in [0.2, 0.25) is 0 Å². The number of benzene rings is 2. The number of aromatic nitrogens is 1. The fraction of sp³-hybridized carbons (Fsp3) is 0.545. The van der Waals surface area contributed by atoms with Gasteiger partial charge in [-0.25, -0.2) is 13.2 Å². The highest BCUT2D eigenvalue weighted by atomic mass is 19.2. The molecule has 42 heavy (non-hydrogen) atoms. The second-order valence-corrected chi connectivity index (χ2v) is 11.8. The summed E-state index contributed by atoms with van der Waals surface area (Å²) >= 11 is 0. The molecule has 1 unspecified atom stereocenters. The van der Waals surface area contributed by atoms with Gasteiger partial charge in [0.1, 0.15) is 5.75 Å². The molecule has 6 nitrogen and oxygen atoms in total. The molecule has 0 bridgehead atoms. The molecule has 5 rings (SSSR count). The summed E-state index contributed by atoms with van der Waals surface area (Å²) in [5.74, 6) is -2.98. The maximum atomic E-state index is 13.7. The zero-order chi connectivity index (χ0) is 29.5. The van der Waals surface area contributed by atoms with Crippen molar-refractivity contribution in [2.24, 2.45) is 5.41 Å². The first-order valence-electron chi connectivity index (χ1n) is 15.2. The average Bonchev–Trinajstić information content (AvgIpc) is 3.01. The lowest BCUT2D eigenvalue weighted by atomic mass is 9.69. The molecule has 2 N–H and O–H groups in total. The number of aryl methyl sites for hydroxylation is 2. The van der Waals surface area contributed by atoms with Crippen LogP contribution < -0.4 is 10.1 Å². The van der Waals surface area contributed by atoms with E-state index in [2.05, 4.69) is 16.3 Å². The lowest BCUT2D eigenvalue weighted by Gasteiger charge is -2.42. The van der Waals surface area contributed by atoms with Crippen LogP contribution in [0.3, 0.4) is 0 Å². The van der Waals surface area contributed by atoms with Crippen LogP contribution in [0.1, 0.15) is 55.2 Å². The third-order valence-corrected chi connectivity index (χ3v) is 9.17. The molecule has 2 aliphatic rings. The predicted molar refractivity (Wildman–Crippen MR) is 157 cm³/mol. The van der Waals surface area contributed by atoms with Crippen LogP contribution in [0.4, 0.5) is 13.2 Å². The van der Waals surface area contributed by atoms with Crippen molar-refractivity contribution in [3.05, 3.63) is 70.7 Å². The van der Waals surface area contributed by atoms with Gasteiger partial charge in [0.2, 0.25) is 0 Å². The van der Waals surface area contributed by atoms with Gasteiger partial charge in [-0.15, -0.1) is 0 Å². The molecular formula is C33H42F3N3O3. The fourth-order valence-corrected chi connectivity index (χ4v) is 6.68. The SMILES string of the molecule is COc1ccc2ncc(CN3CCOCC3)c(CCCC3(C(O)CCCc4cc(F)c(F)c(F)c4)CCNCC3)c2c1. The quantitative estimate of drug-likeness (QED) is 0.271. The molecule has 2 fully saturated rings. The number of rotatable bonds is 12. The Labute approximate surface area is 246 Å². The molecule has 9 heteroatoms. The highest BCUT2D eigenvalue weighted by molar-refractivity contribution is 5.84. The third-order valence-electron chi connectivity index (χ3n) is 9.17. The Hall–Kier alpha value is -2.72. The molecule has 1 atom stereocenters. The van der Waals surface area contributed by atoms with E-state index < -0.39 is 23.6 Å². The van der Waals surface area contributed by atoms with E-state index in [0.29, 0.717) is 24.8 Å². The summed E-state index contributed by atoms with van der Waals surface area (Å²) in [6.07, 6.45) is 7.36. The Balaban J connectivity index is 1.29. The lowest BCUT2D eigenvalue weighted by Crippen LogP contribution is -2.44. The molecule has 1 aromatic heterocycles. The van der Waals surface area contributed by atoms with Crippen LogP contribution in [0, 0.1) is 22.9 Å². The Morgan fingerprint density at radius 2 is 1.79 bits per heavy atom. The fourth-order valence-electron chi connectivity index (χ4n) is 6.68. The van der Waals surface area contributed by atoms with E-state index in [4.69, 9.17) is 14.5 Å². The highest BCUT2D eigenvalue weighted by Gasteiger charge is 2.38. The van der Waals surface area contributed by atoms with Crippen molar-refractivity contribution in [3.8, 4) is 5.75 Å². The van der Waals surface area contributed by atoms with Crippen molar-refractivity contribution in [2.45, 2.75) is 64.0 Å². The summed E-state index contributed by atoms with van der Waals surface area (Å²) < 4.78 is 51.8. The van der Waals surface area contributed by atoms with Crippen molar-refractivity contribution in [1.29, 1.82) is 0 Å². The van der Waals surface area contributed by atoms with Gasteiger partial charge in [0, 0.05) is 31.2 Å². The number of nitrogens with zero attached hydrogens (tertiary/aromatic N) is 2. The number of aliphatic hydroxyl groups is 1. The van der Waals surface area contributed by atoms with Gasteiger partial charge in [-0.2, -0.15) is 0 Å². The third kappa shape index (κ3) is 7.25. The van der Waals surface area contributed by atoms with Crippen LogP contribution in [-0.4, -0.2) is 67.6 Å². The van der Waals surface area contributed by atoms with Crippen molar-refractivity contribution in [3.63, 3.8) is 0 Å². The van der Waals surface area contributed by atoms with Crippen molar-refractivity contribution >= 4 is 10.9 Å². The molecule has 228 valence electrons. The standard InChI is InChI=1S/C33H42F3N3O3/c1-41-25-7-8-30-27(20-25)26(24(21-38-30)22-39-14-16-42-17-15-39)5-3-9-33(10-12-37-13-11-33)31(40)6-2-4-23-18-28(34)32(36)29(35)19-23/h7-8,18-21,31,37,40H,2-6,9-17,22H2,1H3. The predicted octanol–water partition coefficient (Wildman–Crippen LogP) is 5.57. The topological polar surface area (TPSA) is 66.9 Å². The Kier molecular flexibility index (Phi) is 10.4. The average molecular weight is 586 g/mol. The molecule has 2 aromatic carbocycles. The molecule has 0 amide bonds. The molecule has 0 radical (unpaired) electrons. The van der Waals surface area contributed by atoms with E-state index in [1.807, 2.05) is 18.3 Å². The molecule has 3 aromatic rings. The normalized spacial score (nSPS) is 18.3. The number of hydrogen-bond donors (Lipinski definition) is 2. The van der Waals surface area contributed by atoms with Gasteiger partial charge in [-0.05, 0) is 117 Å². The van der Waals surface area contributed by atoms with E-state index in [0.717, 1.165) is 107 Å². The van der Waals surface area contributed by atoms with Crippen molar-refractivity contribution in [2.75, 3.05) is 46.5 Å². The van der Waals surface area contributed by atoms with Crippen LogP contribution >= 0.6 is 0 Å². The van der Waals surface area contributed by atoms with E-state index in [-0.39, 0.29) is 5.41 Å². The second kappa shape index (κ2) is 14.2. The number of ether oxygens (including phenoxy) is 2. The molecular weight excluding hydrogens is 543 g/mol. The number of aliphatic hydroxyl groups excluding tert-OH is 1. The molecule has 2 aliphatic heterocycles. The van der Waals surface area contributed by atoms with Crippen LogP contribution in [0.5, 0.6) is 5.75 Å². The highest BCUT2D eigenvalue weighted by Crippen LogP contribution is 2.40. The van der Waals surface area contributed by atoms with E-state index in [9.17, 15) is 18.3 Å². The van der Waals surface area contributed by atoms with Crippen LogP contribution in [0.15, 0.2) is 36.5 Å². The van der Waals surface area contributed by atoms with Gasteiger partial charge in [-0.3, -0.25) is 9.88 Å². The van der Waals surface area contributed by atoms with Crippen LogP contribution in [-0.2, 0) is 24.1 Å². The van der Waals surface area contributed by atoms with Gasteiger partial charge >= 0.3 is 0 Å². The second-order valence-electron chi connectivity index (χ2n) is 11.8. The largest absolute Gasteiger partial charge is 0.497 e. The Bertz CT molecular complexity index is 1320. The minimum absolute atomic E-state index is 0.227. The van der Waals surface area contributed by atoms with Gasteiger partial charge in [0.05, 0.1) is 31.9 Å². The molecule has 3 heterocycles. The summed E-state index contributed by atoms with van der Waals surface area (Å²) in [7, 11) is 1.68. The van der Waals surface area contributed by atoms with Crippen molar-refractivity contribution in [1.82, 2.24) is 15.2 Å². The van der Waals surface area contributed by atoms with Gasteiger partial charge in [0.25, 0.3) is 0 Å². The number of nitrogens with one attached hydrogen (secondary N) is 1. The monoisotopic (exact) mass is 585 g/mol. The molecule has 2 saturated heterocycles. The number of methoxy groups -OCH3 is 1. The maximum absolute atomic E-state index is 13.7. The summed E-state index contributed by atoms with van der Waals surface area (Å²) in [4.78, 5) is 7.18. The first-order chi connectivity index (χ1) is 20.4. The first-order valence-corrected chi connectivity index (χ1v) is 15.2. The van der Waals surface area contributed by atoms with Gasteiger partial charge < -0.3 is 19.9 Å². The van der Waals surface area contributed by atoms with Gasteiger partial charge in [0.15, 0.2) is 17.5 Å². The zero-order valence-corrected chi connectivity index (χ0v) is 24.4. The minimum Gasteiger partial charge on any atom is -0.497 e. The number of piperidine rings is 1. The van der Waals surface area contributed by atoms with Gasteiger partial charge in [-0.1, -0.05) is 0 Å². The maximum Gasteiger partial charge on any atom is 0.194 e. The van der Waals surface area contributed by atoms with Crippen LogP contribution in [0.25, 0.3) is 10.9 Å². The number of fused-ring (bicyclic) bond motifs is 1. The van der Waals surface area contributed by atoms with E-state index in [1.54, 1.807) is 7.11 Å². The Morgan fingerprint density at radius 1 is 1.05 bits per heavy atom. The summed E-state index contributed by atoms with van der Waals surface area (Å²) in [5, 5.41) is 16.0. The zero-order valence-electron chi connectivity index (χ0n) is 24.4. The van der Waals surface area contributed by atoms with E-state index in [1.165, 1.54) is 11.1 Å². The molecule has 0 aliphatic carbocycles. The Morgan fingerprint density at radius 3 is 2.50 bits per heavy atom. The van der Waals surface area contributed by atoms with Crippen molar-refractivity contribution < 1.29 is 27.8 Å².